The fourth-order valence-corrected chi connectivity index (χ4v) is 2.16. The molecule has 1 heterocycles. The molecule has 5 heteroatoms. The highest BCUT2D eigenvalue weighted by Gasteiger charge is 2.05. The molecule has 0 amide bonds. The lowest BCUT2D eigenvalue weighted by molar-refractivity contribution is 0.902. The third-order valence-electron chi connectivity index (χ3n) is 2.76. The van der Waals surface area contributed by atoms with Gasteiger partial charge in [0.05, 0.1) is 11.3 Å². The molecule has 0 aliphatic carbocycles. The van der Waals surface area contributed by atoms with Gasteiger partial charge in [0.25, 0.3) is 0 Å². The highest BCUT2D eigenvalue weighted by molar-refractivity contribution is 9.10. The van der Waals surface area contributed by atoms with Crippen molar-refractivity contribution in [3.8, 4) is 12.1 Å². The molecular weight excluding hydrogens is 304 g/mol. The Bertz CT molecular complexity index is 688. The Morgan fingerprint density at radius 2 is 2.05 bits per heavy atom. The van der Waals surface area contributed by atoms with Crippen LogP contribution in [0.15, 0.2) is 34.9 Å². The molecule has 1 N–H and O–H groups in total. The Morgan fingerprint density at radius 3 is 2.68 bits per heavy atom. The highest BCUT2D eigenvalue weighted by atomic mass is 79.9. The van der Waals surface area contributed by atoms with E-state index in [4.69, 9.17) is 10.5 Å². The number of hydrogen-bond acceptors (Lipinski definition) is 3. The first-order valence-electron chi connectivity index (χ1n) is 5.63. The van der Waals surface area contributed by atoms with Gasteiger partial charge < -0.3 is 9.88 Å². The molecule has 0 saturated heterocycles. The van der Waals surface area contributed by atoms with Crippen LogP contribution in [-0.2, 0) is 13.6 Å². The standard InChI is InChI=1S/C14H11BrN4/c1-19-9-10(4-13(19)7-17)8-18-14-5-12(15)3-2-11(14)6-16/h2-5,9,18H,8H2,1H3. The molecule has 0 spiro atoms. The maximum Gasteiger partial charge on any atom is 0.120 e. The summed E-state index contributed by atoms with van der Waals surface area (Å²) in [6.07, 6.45) is 1.90. The molecule has 0 saturated carbocycles. The maximum absolute atomic E-state index is 9.04. The molecule has 1 aromatic heterocycles. The molecule has 1 aromatic carbocycles. The van der Waals surface area contributed by atoms with Crippen molar-refractivity contribution >= 4 is 21.6 Å². The minimum absolute atomic E-state index is 0.570. The van der Waals surface area contributed by atoms with Gasteiger partial charge in [-0.3, -0.25) is 0 Å². The van der Waals surface area contributed by atoms with Crippen LogP contribution in [-0.4, -0.2) is 4.57 Å². The summed E-state index contributed by atoms with van der Waals surface area (Å²) in [4.78, 5) is 0. The van der Waals surface area contributed by atoms with Gasteiger partial charge in [0.1, 0.15) is 17.8 Å². The normalized spacial score (nSPS) is 9.68. The maximum atomic E-state index is 9.04. The number of nitrogens with one attached hydrogen (secondary N) is 1. The summed E-state index contributed by atoms with van der Waals surface area (Å²) in [5.74, 6) is 0. The van der Waals surface area contributed by atoms with Crippen molar-refractivity contribution in [2.45, 2.75) is 6.54 Å². The third-order valence-corrected chi connectivity index (χ3v) is 3.25. The molecule has 0 fully saturated rings. The Kier molecular flexibility index (Phi) is 3.89. The molecule has 0 bridgehead atoms. The van der Waals surface area contributed by atoms with E-state index in [9.17, 15) is 0 Å². The van der Waals surface area contributed by atoms with Gasteiger partial charge in [0, 0.05) is 24.3 Å². The molecule has 2 aromatic rings. The van der Waals surface area contributed by atoms with E-state index in [1.807, 2.05) is 31.4 Å². The number of nitriles is 2. The molecule has 2 rings (SSSR count). The molecule has 0 unspecified atom stereocenters. The minimum Gasteiger partial charge on any atom is -0.380 e. The van der Waals surface area contributed by atoms with Crippen LogP contribution in [0.4, 0.5) is 5.69 Å². The quantitative estimate of drug-likeness (QED) is 0.946. The van der Waals surface area contributed by atoms with Gasteiger partial charge in [0.15, 0.2) is 0 Å². The number of benzene rings is 1. The van der Waals surface area contributed by atoms with Crippen LogP contribution in [0.25, 0.3) is 0 Å². The zero-order valence-corrected chi connectivity index (χ0v) is 11.9. The van der Waals surface area contributed by atoms with Gasteiger partial charge in [-0.25, -0.2) is 0 Å². The van der Waals surface area contributed by atoms with E-state index in [0.29, 0.717) is 17.8 Å². The topological polar surface area (TPSA) is 64.5 Å². The molecule has 4 nitrogen and oxygen atoms in total. The lowest BCUT2D eigenvalue weighted by atomic mass is 10.2. The Morgan fingerprint density at radius 1 is 1.26 bits per heavy atom. The van der Waals surface area contributed by atoms with Crippen molar-refractivity contribution in [1.82, 2.24) is 4.57 Å². The summed E-state index contributed by atoms with van der Waals surface area (Å²) in [5, 5.41) is 21.1. The SMILES string of the molecule is Cn1cc(CNc2cc(Br)ccc2C#N)cc1C#N. The van der Waals surface area contributed by atoms with E-state index < -0.39 is 0 Å². The van der Waals surface area contributed by atoms with Crippen molar-refractivity contribution < 1.29 is 0 Å². The first-order chi connectivity index (χ1) is 9.13. The van der Waals surface area contributed by atoms with E-state index in [2.05, 4.69) is 33.4 Å². The average Bonchev–Trinajstić information content (AvgIpc) is 2.77. The molecule has 94 valence electrons. The molecular formula is C14H11BrN4. The van der Waals surface area contributed by atoms with Gasteiger partial charge in [-0.15, -0.1) is 0 Å². The molecule has 0 atom stereocenters. The van der Waals surface area contributed by atoms with Crippen molar-refractivity contribution in [2.75, 3.05) is 5.32 Å². The summed E-state index contributed by atoms with van der Waals surface area (Å²) in [5.41, 5.74) is 2.99. The van der Waals surface area contributed by atoms with E-state index in [0.717, 1.165) is 15.7 Å². The van der Waals surface area contributed by atoms with Crippen LogP contribution < -0.4 is 5.32 Å². The van der Waals surface area contributed by atoms with Crippen LogP contribution in [0.2, 0.25) is 0 Å². The second-order valence-electron chi connectivity index (χ2n) is 4.11. The second kappa shape index (κ2) is 5.60. The van der Waals surface area contributed by atoms with Gasteiger partial charge in [-0.2, -0.15) is 10.5 Å². The van der Waals surface area contributed by atoms with Crippen LogP contribution in [0.5, 0.6) is 0 Å². The van der Waals surface area contributed by atoms with E-state index >= 15 is 0 Å². The number of aryl methyl sites for hydroxylation is 1. The lowest BCUT2D eigenvalue weighted by Gasteiger charge is -2.07. The van der Waals surface area contributed by atoms with Crippen molar-refractivity contribution in [3.63, 3.8) is 0 Å². The number of anilines is 1. The van der Waals surface area contributed by atoms with Gasteiger partial charge in [-0.1, -0.05) is 15.9 Å². The summed E-state index contributed by atoms with van der Waals surface area (Å²) in [7, 11) is 1.84. The smallest absolute Gasteiger partial charge is 0.120 e. The van der Waals surface area contributed by atoms with Crippen LogP contribution >= 0.6 is 15.9 Å². The number of nitrogens with zero attached hydrogens (tertiary/aromatic N) is 3. The minimum atomic E-state index is 0.570. The molecule has 0 aliphatic rings. The fourth-order valence-electron chi connectivity index (χ4n) is 1.80. The van der Waals surface area contributed by atoms with Gasteiger partial charge >= 0.3 is 0 Å². The highest BCUT2D eigenvalue weighted by Crippen LogP contribution is 2.21. The number of halogens is 1. The molecule has 19 heavy (non-hydrogen) atoms. The largest absolute Gasteiger partial charge is 0.380 e. The summed E-state index contributed by atoms with van der Waals surface area (Å²) < 4.78 is 2.70. The van der Waals surface area contributed by atoms with E-state index in [1.165, 1.54) is 0 Å². The Balaban J connectivity index is 2.17. The monoisotopic (exact) mass is 314 g/mol. The van der Waals surface area contributed by atoms with Crippen molar-refractivity contribution in [2.24, 2.45) is 7.05 Å². The van der Waals surface area contributed by atoms with E-state index in [-0.39, 0.29) is 0 Å². The summed E-state index contributed by atoms with van der Waals surface area (Å²) >= 11 is 3.38. The lowest BCUT2D eigenvalue weighted by Crippen LogP contribution is -2.00. The van der Waals surface area contributed by atoms with Crippen LogP contribution in [0.1, 0.15) is 16.8 Å². The Hall–Kier alpha value is -2.24. The van der Waals surface area contributed by atoms with E-state index in [1.54, 1.807) is 10.6 Å². The number of aromatic nitrogens is 1. The second-order valence-corrected chi connectivity index (χ2v) is 5.03. The third kappa shape index (κ3) is 2.96. The zero-order chi connectivity index (χ0) is 13.8. The first kappa shape index (κ1) is 13.2. The number of rotatable bonds is 3. The molecule has 0 radical (unpaired) electrons. The fraction of sp³-hybridized carbons (Fsp3) is 0.143. The van der Waals surface area contributed by atoms with Crippen LogP contribution in [0.3, 0.4) is 0 Å². The van der Waals surface area contributed by atoms with Crippen LogP contribution in [0, 0.1) is 22.7 Å². The predicted octanol–water partition coefficient (Wildman–Crippen LogP) is 3.14. The van der Waals surface area contributed by atoms with Gasteiger partial charge in [0.2, 0.25) is 0 Å². The summed E-state index contributed by atoms with van der Waals surface area (Å²) in [6, 6.07) is 11.6. The Labute approximate surface area is 120 Å². The van der Waals surface area contributed by atoms with Gasteiger partial charge in [-0.05, 0) is 29.8 Å². The molecule has 0 aliphatic heterocycles. The summed E-state index contributed by atoms with van der Waals surface area (Å²) in [6.45, 7) is 0.570. The average molecular weight is 315 g/mol. The zero-order valence-electron chi connectivity index (χ0n) is 10.3. The van der Waals surface area contributed by atoms with Crippen molar-refractivity contribution in [1.29, 1.82) is 10.5 Å². The van der Waals surface area contributed by atoms with Crippen molar-refractivity contribution in [3.05, 3.63) is 51.8 Å². The predicted molar refractivity (Wildman–Crippen MR) is 76.3 cm³/mol. The first-order valence-corrected chi connectivity index (χ1v) is 6.42. The number of hydrogen-bond donors (Lipinski definition) is 1.